The average Bonchev–Trinajstić information content (AvgIpc) is 2.90. The third kappa shape index (κ3) is 7.16. The molecule has 2 N–H and O–H groups in total. The van der Waals surface area contributed by atoms with Crippen LogP contribution in [-0.2, 0) is 9.59 Å². The molecule has 1 aromatic heterocycles. The molecule has 3 rings (SSSR count). The number of nitrogens with zero attached hydrogens (tertiary/aromatic N) is 1. The molecule has 3 aromatic rings. The van der Waals surface area contributed by atoms with Crippen molar-refractivity contribution in [2.45, 2.75) is 51.6 Å². The number of ether oxygens (including phenoxy) is 2. The maximum atomic E-state index is 13.1. The van der Waals surface area contributed by atoms with Crippen molar-refractivity contribution in [3.8, 4) is 11.5 Å². The maximum absolute atomic E-state index is 13.1. The molecule has 0 bridgehead atoms. The van der Waals surface area contributed by atoms with Crippen molar-refractivity contribution in [3.05, 3.63) is 89.7 Å². The van der Waals surface area contributed by atoms with Crippen LogP contribution in [0.1, 0.15) is 61.1 Å². The van der Waals surface area contributed by atoms with Crippen molar-refractivity contribution < 1.29 is 23.9 Å². The standard InChI is InChI=1S/C29H33N3O5/c1-5-12-24(33)37-27-23(36-4)17-18-30-26(27)29(35)32-20(3)28(34)31-19(2)25(21-13-8-6-9-14-21)22-15-10-7-11-16-22/h6-11,13-20,25H,5,12H2,1-4H3,(H,31,34)(H,32,35)/t19-,20-/m0/s1. The molecule has 0 fully saturated rings. The summed E-state index contributed by atoms with van der Waals surface area (Å²) in [5, 5.41) is 5.69. The SMILES string of the molecule is CCCC(=O)Oc1c(OC)ccnc1C(=O)N[C@@H](C)C(=O)N[C@@H](C)C(c1ccccc1)c1ccccc1. The molecule has 194 valence electrons. The van der Waals surface area contributed by atoms with Gasteiger partial charge in [-0.2, -0.15) is 0 Å². The van der Waals surface area contributed by atoms with Crippen LogP contribution in [0, 0.1) is 0 Å². The molecule has 0 saturated carbocycles. The van der Waals surface area contributed by atoms with Crippen molar-refractivity contribution in [3.63, 3.8) is 0 Å². The highest BCUT2D eigenvalue weighted by molar-refractivity contribution is 5.99. The number of carbonyl (C=O) groups excluding carboxylic acids is 3. The highest BCUT2D eigenvalue weighted by Crippen LogP contribution is 2.30. The molecule has 2 atom stereocenters. The number of benzene rings is 2. The lowest BCUT2D eigenvalue weighted by Gasteiger charge is -2.27. The van der Waals surface area contributed by atoms with Crippen molar-refractivity contribution in [1.82, 2.24) is 15.6 Å². The van der Waals surface area contributed by atoms with E-state index < -0.39 is 17.9 Å². The zero-order valence-corrected chi connectivity index (χ0v) is 21.6. The first-order valence-electron chi connectivity index (χ1n) is 12.3. The zero-order valence-electron chi connectivity index (χ0n) is 21.6. The smallest absolute Gasteiger partial charge is 0.311 e. The summed E-state index contributed by atoms with van der Waals surface area (Å²) >= 11 is 0. The Labute approximate surface area is 217 Å². The highest BCUT2D eigenvalue weighted by Gasteiger charge is 2.27. The van der Waals surface area contributed by atoms with Gasteiger partial charge < -0.3 is 20.1 Å². The minimum atomic E-state index is -0.880. The van der Waals surface area contributed by atoms with Crippen LogP contribution in [0.25, 0.3) is 0 Å². The number of hydrogen-bond donors (Lipinski definition) is 2. The van der Waals surface area contributed by atoms with Gasteiger partial charge in [-0.3, -0.25) is 14.4 Å². The van der Waals surface area contributed by atoms with E-state index in [2.05, 4.69) is 15.6 Å². The maximum Gasteiger partial charge on any atom is 0.311 e. The summed E-state index contributed by atoms with van der Waals surface area (Å²) < 4.78 is 10.6. The number of aromatic nitrogens is 1. The number of esters is 1. The van der Waals surface area contributed by atoms with Crippen LogP contribution in [-0.4, -0.2) is 42.0 Å². The van der Waals surface area contributed by atoms with E-state index in [1.165, 1.54) is 19.4 Å². The Morgan fingerprint density at radius 1 is 0.892 bits per heavy atom. The Bertz CT molecular complexity index is 1160. The second-order valence-corrected chi connectivity index (χ2v) is 8.71. The average molecular weight is 504 g/mol. The van der Waals surface area contributed by atoms with Gasteiger partial charge in [0.25, 0.3) is 5.91 Å². The van der Waals surface area contributed by atoms with E-state index in [4.69, 9.17) is 9.47 Å². The Morgan fingerprint density at radius 3 is 2.03 bits per heavy atom. The summed E-state index contributed by atoms with van der Waals surface area (Å²) in [7, 11) is 1.40. The predicted octanol–water partition coefficient (Wildman–Crippen LogP) is 4.25. The second kappa shape index (κ2) is 13.2. The number of methoxy groups -OCH3 is 1. The quantitative estimate of drug-likeness (QED) is 0.379. The molecule has 0 unspecified atom stereocenters. The number of amides is 2. The lowest BCUT2D eigenvalue weighted by atomic mass is 9.85. The first-order chi connectivity index (χ1) is 17.8. The zero-order chi connectivity index (χ0) is 26.8. The van der Waals surface area contributed by atoms with Gasteiger partial charge in [0.2, 0.25) is 11.7 Å². The largest absolute Gasteiger partial charge is 0.493 e. The summed E-state index contributed by atoms with van der Waals surface area (Å²) in [6.45, 7) is 5.37. The van der Waals surface area contributed by atoms with Crippen LogP contribution in [0.4, 0.5) is 0 Å². The number of nitrogens with one attached hydrogen (secondary N) is 2. The van der Waals surface area contributed by atoms with E-state index in [0.29, 0.717) is 6.42 Å². The second-order valence-electron chi connectivity index (χ2n) is 8.71. The van der Waals surface area contributed by atoms with Gasteiger partial charge in [-0.15, -0.1) is 0 Å². The van der Waals surface area contributed by atoms with Crippen LogP contribution in [0.15, 0.2) is 72.9 Å². The van der Waals surface area contributed by atoms with Gasteiger partial charge in [0.15, 0.2) is 11.4 Å². The summed E-state index contributed by atoms with van der Waals surface area (Å²) in [4.78, 5) is 42.3. The Morgan fingerprint density at radius 2 is 1.49 bits per heavy atom. The first-order valence-corrected chi connectivity index (χ1v) is 12.3. The minimum absolute atomic E-state index is 0.0739. The van der Waals surface area contributed by atoms with Crippen LogP contribution < -0.4 is 20.1 Å². The molecule has 2 amide bonds. The summed E-state index contributed by atoms with van der Waals surface area (Å²) in [6, 6.07) is 20.2. The molecule has 0 aliphatic heterocycles. The number of pyridine rings is 1. The molecule has 37 heavy (non-hydrogen) atoms. The van der Waals surface area contributed by atoms with Crippen molar-refractivity contribution >= 4 is 17.8 Å². The van der Waals surface area contributed by atoms with Gasteiger partial charge in [0.1, 0.15) is 6.04 Å². The normalized spacial score (nSPS) is 12.4. The minimum Gasteiger partial charge on any atom is -0.493 e. The van der Waals surface area contributed by atoms with Crippen LogP contribution >= 0.6 is 0 Å². The lowest BCUT2D eigenvalue weighted by molar-refractivity contribution is -0.134. The van der Waals surface area contributed by atoms with E-state index in [-0.39, 0.29) is 41.5 Å². The van der Waals surface area contributed by atoms with E-state index in [0.717, 1.165) is 11.1 Å². The summed E-state index contributed by atoms with van der Waals surface area (Å²) in [5.74, 6) is -1.48. The van der Waals surface area contributed by atoms with Crippen molar-refractivity contribution in [2.24, 2.45) is 0 Å². The molecule has 8 heteroatoms. The molecule has 2 aromatic carbocycles. The van der Waals surface area contributed by atoms with E-state index >= 15 is 0 Å². The molecular formula is C29H33N3O5. The Hall–Kier alpha value is -4.20. The van der Waals surface area contributed by atoms with Gasteiger partial charge in [-0.25, -0.2) is 4.98 Å². The third-order valence-corrected chi connectivity index (χ3v) is 5.90. The molecule has 0 aliphatic carbocycles. The topological polar surface area (TPSA) is 107 Å². The summed E-state index contributed by atoms with van der Waals surface area (Å²) in [6.07, 6.45) is 2.15. The third-order valence-electron chi connectivity index (χ3n) is 5.90. The van der Waals surface area contributed by atoms with Crippen molar-refractivity contribution in [2.75, 3.05) is 7.11 Å². The fourth-order valence-electron chi connectivity index (χ4n) is 4.07. The number of hydrogen-bond acceptors (Lipinski definition) is 6. The van der Waals surface area contributed by atoms with E-state index in [1.54, 1.807) is 6.92 Å². The lowest BCUT2D eigenvalue weighted by Crippen LogP contribution is -2.49. The molecule has 0 radical (unpaired) electrons. The highest BCUT2D eigenvalue weighted by atomic mass is 16.6. The van der Waals surface area contributed by atoms with Gasteiger partial charge in [-0.1, -0.05) is 67.6 Å². The molecule has 0 spiro atoms. The van der Waals surface area contributed by atoms with Gasteiger partial charge >= 0.3 is 5.97 Å². The summed E-state index contributed by atoms with van der Waals surface area (Å²) in [5.41, 5.74) is 2.00. The predicted molar refractivity (Wildman–Crippen MR) is 141 cm³/mol. The number of rotatable bonds is 11. The Kier molecular flexibility index (Phi) is 9.77. The monoisotopic (exact) mass is 503 g/mol. The van der Waals surface area contributed by atoms with Gasteiger partial charge in [-0.05, 0) is 31.4 Å². The van der Waals surface area contributed by atoms with Crippen LogP contribution in [0.3, 0.4) is 0 Å². The van der Waals surface area contributed by atoms with E-state index in [9.17, 15) is 14.4 Å². The van der Waals surface area contributed by atoms with Crippen molar-refractivity contribution in [1.29, 1.82) is 0 Å². The van der Waals surface area contributed by atoms with Crippen LogP contribution in [0.2, 0.25) is 0 Å². The van der Waals surface area contributed by atoms with E-state index in [1.807, 2.05) is 74.5 Å². The van der Waals surface area contributed by atoms with Gasteiger partial charge in [0, 0.05) is 30.6 Å². The Balaban J connectivity index is 1.75. The van der Waals surface area contributed by atoms with Crippen LogP contribution in [0.5, 0.6) is 11.5 Å². The van der Waals surface area contributed by atoms with Gasteiger partial charge in [0.05, 0.1) is 7.11 Å². The number of carbonyl (C=O) groups is 3. The molecule has 8 nitrogen and oxygen atoms in total. The molecule has 0 saturated heterocycles. The molecular weight excluding hydrogens is 470 g/mol. The first kappa shape index (κ1) is 27.4. The fraction of sp³-hybridized carbons (Fsp3) is 0.310. The molecule has 0 aliphatic rings. The molecule has 1 heterocycles. The fourth-order valence-corrected chi connectivity index (χ4v) is 4.07.